The van der Waals surface area contributed by atoms with Crippen molar-refractivity contribution in [3.63, 3.8) is 0 Å². The Hall–Kier alpha value is -2.55. The molecular weight excluding hydrogens is 258 g/mol. The van der Waals surface area contributed by atoms with Gasteiger partial charge in [-0.2, -0.15) is 0 Å². The van der Waals surface area contributed by atoms with E-state index in [9.17, 15) is 0 Å². The van der Waals surface area contributed by atoms with Gasteiger partial charge in [-0.15, -0.1) is 0 Å². The lowest BCUT2D eigenvalue weighted by molar-refractivity contribution is 0.960. The highest BCUT2D eigenvalue weighted by molar-refractivity contribution is 5.41. The van der Waals surface area contributed by atoms with Crippen molar-refractivity contribution in [2.45, 2.75) is 13.3 Å². The summed E-state index contributed by atoms with van der Waals surface area (Å²) in [7, 11) is 0. The summed E-state index contributed by atoms with van der Waals surface area (Å²) in [5.74, 6) is 0.883. The van der Waals surface area contributed by atoms with E-state index in [4.69, 9.17) is 0 Å². The molecule has 0 fully saturated rings. The number of imidazole rings is 1. The molecule has 0 unspecified atom stereocenters. The minimum atomic E-state index is 0.868. The summed E-state index contributed by atoms with van der Waals surface area (Å²) in [4.78, 5) is 4.39. The zero-order chi connectivity index (χ0) is 14.5. The van der Waals surface area contributed by atoms with Crippen molar-refractivity contribution in [3.05, 3.63) is 78.1 Å². The first kappa shape index (κ1) is 13.4. The van der Waals surface area contributed by atoms with Gasteiger partial charge in [0.05, 0.1) is 0 Å². The fourth-order valence-electron chi connectivity index (χ4n) is 2.42. The Morgan fingerprint density at radius 2 is 1.90 bits per heavy atom. The average molecular weight is 277 g/mol. The van der Waals surface area contributed by atoms with E-state index in [2.05, 4.69) is 58.2 Å². The van der Waals surface area contributed by atoms with Gasteiger partial charge in [-0.05, 0) is 31.0 Å². The number of hydrogen-bond acceptors (Lipinski definition) is 2. The van der Waals surface area contributed by atoms with Gasteiger partial charge in [-0.25, -0.2) is 4.98 Å². The van der Waals surface area contributed by atoms with Crippen LogP contribution in [-0.2, 0) is 6.42 Å². The van der Waals surface area contributed by atoms with Crippen LogP contribution < -0.4 is 5.32 Å². The largest absolute Gasteiger partial charge is 0.355 e. The second-order valence-electron chi connectivity index (χ2n) is 5.12. The molecule has 0 spiro atoms. The Morgan fingerprint density at radius 1 is 1.05 bits per heavy atom. The van der Waals surface area contributed by atoms with Gasteiger partial charge in [0.2, 0.25) is 5.95 Å². The zero-order valence-electron chi connectivity index (χ0n) is 12.2. The molecule has 3 nitrogen and oxygen atoms in total. The van der Waals surface area contributed by atoms with Crippen LogP contribution in [0.15, 0.2) is 67.0 Å². The molecule has 3 rings (SSSR count). The van der Waals surface area contributed by atoms with Crippen LogP contribution in [0.5, 0.6) is 0 Å². The van der Waals surface area contributed by atoms with Crippen molar-refractivity contribution in [2.75, 3.05) is 11.9 Å². The Morgan fingerprint density at radius 3 is 2.71 bits per heavy atom. The van der Waals surface area contributed by atoms with E-state index in [0.717, 1.165) is 24.6 Å². The van der Waals surface area contributed by atoms with Crippen LogP contribution >= 0.6 is 0 Å². The molecule has 21 heavy (non-hydrogen) atoms. The lowest BCUT2D eigenvalue weighted by atomic mass is 10.1. The lowest BCUT2D eigenvalue weighted by Gasteiger charge is -2.10. The predicted molar refractivity (Wildman–Crippen MR) is 86.9 cm³/mol. The fraction of sp³-hybridized carbons (Fsp3) is 0.167. The normalized spacial score (nSPS) is 10.5. The van der Waals surface area contributed by atoms with Gasteiger partial charge in [-0.3, -0.25) is 4.57 Å². The number of rotatable bonds is 5. The first-order valence-electron chi connectivity index (χ1n) is 7.21. The molecule has 3 heteroatoms. The maximum Gasteiger partial charge on any atom is 0.207 e. The molecule has 2 aromatic carbocycles. The maximum absolute atomic E-state index is 4.39. The van der Waals surface area contributed by atoms with Crippen molar-refractivity contribution in [2.24, 2.45) is 0 Å². The van der Waals surface area contributed by atoms with Crippen LogP contribution in [0.25, 0.3) is 5.69 Å². The number of hydrogen-bond donors (Lipinski definition) is 1. The van der Waals surface area contributed by atoms with Gasteiger partial charge in [0.25, 0.3) is 0 Å². The monoisotopic (exact) mass is 277 g/mol. The van der Waals surface area contributed by atoms with Crippen molar-refractivity contribution in [3.8, 4) is 5.69 Å². The van der Waals surface area contributed by atoms with E-state index >= 15 is 0 Å². The van der Waals surface area contributed by atoms with Gasteiger partial charge in [0.15, 0.2) is 0 Å². The molecule has 0 radical (unpaired) electrons. The molecule has 1 N–H and O–H groups in total. The molecule has 106 valence electrons. The highest BCUT2D eigenvalue weighted by atomic mass is 15.2. The number of aryl methyl sites for hydroxylation is 1. The van der Waals surface area contributed by atoms with E-state index in [-0.39, 0.29) is 0 Å². The number of para-hydroxylation sites is 1. The van der Waals surface area contributed by atoms with Crippen molar-refractivity contribution in [1.29, 1.82) is 0 Å². The second-order valence-corrected chi connectivity index (χ2v) is 5.12. The van der Waals surface area contributed by atoms with Gasteiger partial charge in [0, 0.05) is 24.6 Å². The Balaban J connectivity index is 1.66. The number of nitrogens with one attached hydrogen (secondary N) is 1. The summed E-state index contributed by atoms with van der Waals surface area (Å²) in [5.41, 5.74) is 3.77. The molecule has 0 amide bonds. The number of anilines is 1. The molecule has 0 atom stereocenters. The summed E-state index contributed by atoms with van der Waals surface area (Å²) in [6.45, 7) is 2.99. The molecule has 0 aliphatic carbocycles. The standard InChI is InChI=1S/C18H19N3/c1-15-6-5-7-16(14-15)10-11-19-18-20-12-13-21(18)17-8-3-2-4-9-17/h2-9,12-14H,10-11H2,1H3,(H,19,20). The number of benzene rings is 2. The maximum atomic E-state index is 4.39. The molecule has 1 heterocycles. The van der Waals surface area contributed by atoms with Crippen LogP contribution in [0, 0.1) is 6.92 Å². The van der Waals surface area contributed by atoms with E-state index in [1.165, 1.54) is 11.1 Å². The topological polar surface area (TPSA) is 29.9 Å². The summed E-state index contributed by atoms with van der Waals surface area (Å²) in [5, 5.41) is 3.41. The van der Waals surface area contributed by atoms with E-state index in [1.54, 1.807) is 0 Å². The van der Waals surface area contributed by atoms with E-state index in [0.29, 0.717) is 0 Å². The van der Waals surface area contributed by atoms with Crippen LogP contribution in [0.2, 0.25) is 0 Å². The Bertz CT molecular complexity index is 701. The van der Waals surface area contributed by atoms with Gasteiger partial charge < -0.3 is 5.32 Å². The molecule has 0 bridgehead atoms. The highest BCUT2D eigenvalue weighted by Crippen LogP contribution is 2.14. The molecule has 0 aliphatic heterocycles. The van der Waals surface area contributed by atoms with Crippen LogP contribution in [0.3, 0.4) is 0 Å². The summed E-state index contributed by atoms with van der Waals surface area (Å²) >= 11 is 0. The van der Waals surface area contributed by atoms with Crippen LogP contribution in [0.4, 0.5) is 5.95 Å². The molecular formula is C18H19N3. The van der Waals surface area contributed by atoms with E-state index in [1.807, 2.05) is 30.6 Å². The van der Waals surface area contributed by atoms with Crippen molar-refractivity contribution < 1.29 is 0 Å². The molecule has 1 aromatic heterocycles. The quantitative estimate of drug-likeness (QED) is 0.768. The lowest BCUT2D eigenvalue weighted by Crippen LogP contribution is -2.09. The third kappa shape index (κ3) is 3.31. The first-order chi connectivity index (χ1) is 10.3. The van der Waals surface area contributed by atoms with Crippen molar-refractivity contribution >= 4 is 5.95 Å². The van der Waals surface area contributed by atoms with E-state index < -0.39 is 0 Å². The SMILES string of the molecule is Cc1cccc(CCNc2nccn2-c2ccccc2)c1. The summed E-state index contributed by atoms with van der Waals surface area (Å²) in [6.07, 6.45) is 4.79. The van der Waals surface area contributed by atoms with Gasteiger partial charge in [0.1, 0.15) is 0 Å². The summed E-state index contributed by atoms with van der Waals surface area (Å²) in [6, 6.07) is 18.9. The minimum Gasteiger partial charge on any atom is -0.355 e. The second kappa shape index (κ2) is 6.27. The number of aromatic nitrogens is 2. The molecule has 0 saturated heterocycles. The third-order valence-corrected chi connectivity index (χ3v) is 3.45. The number of nitrogens with zero attached hydrogens (tertiary/aromatic N) is 2. The molecule has 3 aromatic rings. The highest BCUT2D eigenvalue weighted by Gasteiger charge is 2.03. The van der Waals surface area contributed by atoms with Crippen LogP contribution in [-0.4, -0.2) is 16.1 Å². The third-order valence-electron chi connectivity index (χ3n) is 3.45. The summed E-state index contributed by atoms with van der Waals surface area (Å²) < 4.78 is 2.07. The Kier molecular flexibility index (Phi) is 4.01. The molecule has 0 aliphatic rings. The van der Waals surface area contributed by atoms with Gasteiger partial charge in [-0.1, -0.05) is 48.0 Å². The average Bonchev–Trinajstić information content (AvgIpc) is 2.97. The molecule has 0 saturated carbocycles. The Labute approximate surface area is 125 Å². The van der Waals surface area contributed by atoms with Crippen molar-refractivity contribution in [1.82, 2.24) is 9.55 Å². The predicted octanol–water partition coefficient (Wildman–Crippen LogP) is 3.84. The van der Waals surface area contributed by atoms with Gasteiger partial charge >= 0.3 is 0 Å². The smallest absolute Gasteiger partial charge is 0.207 e. The zero-order valence-corrected chi connectivity index (χ0v) is 12.2. The first-order valence-corrected chi connectivity index (χ1v) is 7.21. The van der Waals surface area contributed by atoms with Crippen LogP contribution in [0.1, 0.15) is 11.1 Å². The minimum absolute atomic E-state index is 0.868. The fourth-order valence-corrected chi connectivity index (χ4v) is 2.42.